The summed E-state index contributed by atoms with van der Waals surface area (Å²) in [7, 11) is -6.13. The quantitative estimate of drug-likeness (QED) is 0.486. The highest BCUT2D eigenvalue weighted by molar-refractivity contribution is 7.89. The second-order valence-electron chi connectivity index (χ2n) is 6.60. The zero-order chi connectivity index (χ0) is 23.9. The summed E-state index contributed by atoms with van der Waals surface area (Å²) in [6.07, 6.45) is -0.178. The van der Waals surface area contributed by atoms with Crippen molar-refractivity contribution in [3.8, 4) is 5.75 Å². The van der Waals surface area contributed by atoms with Crippen LogP contribution in [0.15, 0.2) is 52.3 Å². The van der Waals surface area contributed by atoms with Gasteiger partial charge in [0.15, 0.2) is 0 Å². The Balaban J connectivity index is 2.09. The molecule has 0 radical (unpaired) electrons. The highest BCUT2D eigenvalue weighted by atomic mass is 35.5. The van der Waals surface area contributed by atoms with Crippen LogP contribution < -0.4 is 14.8 Å². The van der Waals surface area contributed by atoms with Gasteiger partial charge in [0.2, 0.25) is 26.0 Å². The number of halogens is 1. The number of methoxy groups -OCH3 is 1. The Bertz CT molecular complexity index is 1150. The van der Waals surface area contributed by atoms with Gasteiger partial charge in [-0.2, -0.15) is 4.31 Å². The van der Waals surface area contributed by atoms with Gasteiger partial charge in [-0.1, -0.05) is 25.4 Å². The second kappa shape index (κ2) is 11.1. The minimum absolute atomic E-state index is 0.0146. The lowest BCUT2D eigenvalue weighted by Gasteiger charge is -2.19. The molecule has 0 unspecified atom stereocenters. The number of anilines is 1. The van der Waals surface area contributed by atoms with Gasteiger partial charge in [-0.25, -0.2) is 21.6 Å². The fraction of sp³-hybridized carbons (Fsp3) is 0.350. The molecule has 32 heavy (non-hydrogen) atoms. The van der Waals surface area contributed by atoms with Gasteiger partial charge in [0.1, 0.15) is 5.75 Å². The van der Waals surface area contributed by atoms with Crippen molar-refractivity contribution in [1.29, 1.82) is 0 Å². The number of amides is 1. The van der Waals surface area contributed by atoms with Crippen molar-refractivity contribution < 1.29 is 26.4 Å². The molecule has 0 fully saturated rings. The first-order valence-electron chi connectivity index (χ1n) is 9.78. The first kappa shape index (κ1) is 26.1. The molecule has 0 aliphatic heterocycles. The van der Waals surface area contributed by atoms with Gasteiger partial charge < -0.3 is 10.1 Å². The van der Waals surface area contributed by atoms with Crippen LogP contribution in [-0.2, 0) is 24.8 Å². The van der Waals surface area contributed by atoms with Gasteiger partial charge >= 0.3 is 0 Å². The number of nitrogens with zero attached hydrogens (tertiary/aromatic N) is 1. The number of carbonyl (C=O) groups is 1. The van der Waals surface area contributed by atoms with E-state index in [9.17, 15) is 21.6 Å². The normalized spacial score (nSPS) is 12.0. The topological polar surface area (TPSA) is 122 Å². The molecule has 2 aromatic rings. The largest absolute Gasteiger partial charge is 0.495 e. The Morgan fingerprint density at radius 2 is 1.59 bits per heavy atom. The van der Waals surface area contributed by atoms with Crippen LogP contribution >= 0.6 is 11.6 Å². The van der Waals surface area contributed by atoms with E-state index in [4.69, 9.17) is 16.3 Å². The zero-order valence-corrected chi connectivity index (χ0v) is 20.3. The second-order valence-corrected chi connectivity index (χ2v) is 10.7. The van der Waals surface area contributed by atoms with E-state index in [0.717, 1.165) is 0 Å². The molecule has 0 saturated carbocycles. The minimum atomic E-state index is -3.80. The Kier molecular flexibility index (Phi) is 9.05. The van der Waals surface area contributed by atoms with Crippen LogP contribution in [0.3, 0.4) is 0 Å². The van der Waals surface area contributed by atoms with E-state index < -0.39 is 26.0 Å². The molecule has 0 spiro atoms. The fourth-order valence-corrected chi connectivity index (χ4v) is 5.51. The van der Waals surface area contributed by atoms with E-state index >= 15 is 0 Å². The molecule has 0 heterocycles. The molecule has 0 saturated heterocycles. The monoisotopic (exact) mass is 503 g/mol. The van der Waals surface area contributed by atoms with Crippen molar-refractivity contribution in [3.63, 3.8) is 0 Å². The lowest BCUT2D eigenvalue weighted by molar-refractivity contribution is -0.116. The number of rotatable bonds is 11. The van der Waals surface area contributed by atoms with Crippen LogP contribution in [0.1, 0.15) is 20.3 Å². The molecule has 12 heteroatoms. The number of carbonyl (C=O) groups excluding carboxylic acids is 1. The smallest absolute Gasteiger partial charge is 0.243 e. The minimum Gasteiger partial charge on any atom is -0.495 e. The van der Waals surface area contributed by atoms with Gasteiger partial charge in [-0.05, 0) is 42.5 Å². The number of ether oxygens (including phenoxy) is 1. The first-order chi connectivity index (χ1) is 15.0. The van der Waals surface area contributed by atoms with Crippen molar-refractivity contribution >= 4 is 43.2 Å². The maximum atomic E-state index is 12.8. The number of sulfonamides is 2. The third-order valence-corrected chi connectivity index (χ3v) is 8.33. The highest BCUT2D eigenvalue weighted by Gasteiger charge is 2.23. The zero-order valence-electron chi connectivity index (χ0n) is 18.0. The van der Waals surface area contributed by atoms with Gasteiger partial charge in [0.05, 0.1) is 22.6 Å². The first-order valence-corrected chi connectivity index (χ1v) is 13.1. The maximum absolute atomic E-state index is 12.8. The average Bonchev–Trinajstić information content (AvgIpc) is 2.74. The van der Waals surface area contributed by atoms with Crippen molar-refractivity contribution in [3.05, 3.63) is 47.5 Å². The third kappa shape index (κ3) is 6.42. The molecule has 2 rings (SSSR count). The number of benzene rings is 2. The van der Waals surface area contributed by atoms with Crippen molar-refractivity contribution in [2.75, 3.05) is 32.1 Å². The third-order valence-electron chi connectivity index (χ3n) is 4.56. The van der Waals surface area contributed by atoms with Crippen LogP contribution in [0.25, 0.3) is 0 Å². The van der Waals surface area contributed by atoms with Crippen LogP contribution in [0.2, 0.25) is 5.02 Å². The summed E-state index contributed by atoms with van der Waals surface area (Å²) in [6, 6.07) is 9.80. The standard InChI is InChI=1S/C20H26ClN3O6S2/c1-4-24(5-2)32(28,29)17-10-11-19(30-3)18(14-17)23-20(25)12-13-22-31(26,27)16-8-6-15(21)7-9-16/h6-11,14,22H,4-5,12-13H2,1-3H3,(H,23,25). The summed E-state index contributed by atoms with van der Waals surface area (Å²) in [4.78, 5) is 12.4. The van der Waals surface area contributed by atoms with Crippen LogP contribution in [-0.4, -0.2) is 53.8 Å². The predicted molar refractivity (Wildman–Crippen MR) is 123 cm³/mol. The Morgan fingerprint density at radius 3 is 2.16 bits per heavy atom. The fourth-order valence-electron chi connectivity index (χ4n) is 2.87. The Hall–Kier alpha value is -2.18. The molecule has 176 valence electrons. The summed E-state index contributed by atoms with van der Waals surface area (Å²) in [5.74, 6) is -0.238. The lowest BCUT2D eigenvalue weighted by Crippen LogP contribution is -2.30. The van der Waals surface area contributed by atoms with E-state index in [1.807, 2.05) is 0 Å². The number of nitrogens with one attached hydrogen (secondary N) is 2. The highest BCUT2D eigenvalue weighted by Crippen LogP contribution is 2.29. The van der Waals surface area contributed by atoms with Crippen molar-refractivity contribution in [2.45, 2.75) is 30.1 Å². The Labute approximate surface area is 193 Å². The van der Waals surface area contributed by atoms with Crippen molar-refractivity contribution in [2.24, 2.45) is 0 Å². The van der Waals surface area contributed by atoms with E-state index in [0.29, 0.717) is 18.1 Å². The number of hydrogen-bond donors (Lipinski definition) is 2. The molecule has 0 aliphatic rings. The average molecular weight is 504 g/mol. The molecular formula is C20H26ClN3O6S2. The van der Waals surface area contributed by atoms with Crippen LogP contribution in [0.5, 0.6) is 5.75 Å². The van der Waals surface area contributed by atoms with Gasteiger partial charge in [0.25, 0.3) is 0 Å². The SMILES string of the molecule is CCN(CC)S(=O)(=O)c1ccc(OC)c(NC(=O)CCNS(=O)(=O)c2ccc(Cl)cc2)c1. The van der Waals surface area contributed by atoms with E-state index in [-0.39, 0.29) is 34.2 Å². The maximum Gasteiger partial charge on any atom is 0.243 e. The molecule has 2 aromatic carbocycles. The summed E-state index contributed by atoms with van der Waals surface area (Å²) in [5, 5.41) is 2.99. The summed E-state index contributed by atoms with van der Waals surface area (Å²) in [6.45, 7) is 3.92. The molecular weight excluding hydrogens is 478 g/mol. The lowest BCUT2D eigenvalue weighted by atomic mass is 10.2. The molecule has 0 aromatic heterocycles. The van der Waals surface area contributed by atoms with Crippen molar-refractivity contribution in [1.82, 2.24) is 9.03 Å². The molecule has 2 N–H and O–H groups in total. The molecule has 0 aliphatic carbocycles. The van der Waals surface area contributed by atoms with Gasteiger partial charge in [-0.15, -0.1) is 0 Å². The summed E-state index contributed by atoms with van der Waals surface area (Å²) < 4.78 is 58.9. The molecule has 9 nitrogen and oxygen atoms in total. The van der Waals surface area contributed by atoms with E-state index in [2.05, 4.69) is 10.0 Å². The predicted octanol–water partition coefficient (Wildman–Crippen LogP) is 2.69. The summed E-state index contributed by atoms with van der Waals surface area (Å²) in [5.41, 5.74) is 0.172. The van der Waals surface area contributed by atoms with Gasteiger partial charge in [-0.3, -0.25) is 4.79 Å². The van der Waals surface area contributed by atoms with Crippen LogP contribution in [0, 0.1) is 0 Å². The molecule has 0 atom stereocenters. The summed E-state index contributed by atoms with van der Waals surface area (Å²) >= 11 is 5.76. The molecule has 0 bridgehead atoms. The molecule has 1 amide bonds. The van der Waals surface area contributed by atoms with E-state index in [1.54, 1.807) is 13.8 Å². The Morgan fingerprint density at radius 1 is 1.00 bits per heavy atom. The van der Waals surface area contributed by atoms with Gasteiger partial charge in [0, 0.05) is 31.1 Å². The van der Waals surface area contributed by atoms with E-state index in [1.165, 1.54) is 53.9 Å². The van der Waals surface area contributed by atoms with Crippen LogP contribution in [0.4, 0.5) is 5.69 Å². The number of hydrogen-bond acceptors (Lipinski definition) is 6.